The lowest BCUT2D eigenvalue weighted by Crippen LogP contribution is -2.19. The van der Waals surface area contributed by atoms with Crippen molar-refractivity contribution in [3.05, 3.63) is 56.1 Å². The van der Waals surface area contributed by atoms with E-state index in [2.05, 4.69) is 10.3 Å². The number of nitrogens with one attached hydrogen (secondary N) is 1. The number of thioether (sulfide) groups is 1. The molecule has 2 heterocycles. The molecule has 3 rings (SSSR count). The average molecular weight is 365 g/mol. The Morgan fingerprint density at radius 1 is 1.35 bits per heavy atom. The SMILES string of the molecule is O=C1NC(=Nc2ccc(Cl)c(C(=O)O)c2)SC1=Cc1cccs1. The first-order chi connectivity index (χ1) is 11.0. The van der Waals surface area contributed by atoms with Gasteiger partial charge in [0.25, 0.3) is 5.91 Å². The Morgan fingerprint density at radius 3 is 2.87 bits per heavy atom. The number of hydrogen-bond acceptors (Lipinski definition) is 5. The molecule has 116 valence electrons. The Bertz CT molecular complexity index is 844. The molecular weight excluding hydrogens is 356 g/mol. The van der Waals surface area contributed by atoms with Crippen LogP contribution in [0.2, 0.25) is 5.02 Å². The van der Waals surface area contributed by atoms with Gasteiger partial charge in [0, 0.05) is 4.88 Å². The summed E-state index contributed by atoms with van der Waals surface area (Å²) in [5, 5.41) is 14.2. The van der Waals surface area contributed by atoms with Gasteiger partial charge in [-0.05, 0) is 47.5 Å². The summed E-state index contributed by atoms with van der Waals surface area (Å²) in [6.07, 6.45) is 1.79. The van der Waals surface area contributed by atoms with Crippen LogP contribution in [0.4, 0.5) is 5.69 Å². The van der Waals surface area contributed by atoms with Crippen molar-refractivity contribution < 1.29 is 14.7 Å². The molecule has 0 unspecified atom stereocenters. The Hall–Kier alpha value is -2.09. The largest absolute Gasteiger partial charge is 0.478 e. The number of aromatic carboxylic acids is 1. The number of halogens is 1. The number of carboxylic acids is 1. The molecule has 0 bridgehead atoms. The quantitative estimate of drug-likeness (QED) is 0.807. The van der Waals surface area contributed by atoms with Crippen molar-refractivity contribution in [3.63, 3.8) is 0 Å². The van der Waals surface area contributed by atoms with E-state index in [1.807, 2.05) is 17.5 Å². The maximum absolute atomic E-state index is 11.9. The number of carbonyl (C=O) groups is 2. The second-order valence-electron chi connectivity index (χ2n) is 4.47. The lowest BCUT2D eigenvalue weighted by molar-refractivity contribution is -0.115. The van der Waals surface area contributed by atoms with E-state index >= 15 is 0 Å². The van der Waals surface area contributed by atoms with Gasteiger partial charge in [-0.3, -0.25) is 4.79 Å². The maximum Gasteiger partial charge on any atom is 0.337 e. The molecule has 1 amide bonds. The molecule has 0 spiro atoms. The van der Waals surface area contributed by atoms with Gasteiger partial charge < -0.3 is 10.4 Å². The molecule has 2 N–H and O–H groups in total. The van der Waals surface area contributed by atoms with Crippen LogP contribution < -0.4 is 5.32 Å². The van der Waals surface area contributed by atoms with E-state index < -0.39 is 5.97 Å². The second kappa shape index (κ2) is 6.57. The molecule has 8 heteroatoms. The number of amides is 1. The van der Waals surface area contributed by atoms with Crippen molar-refractivity contribution in [3.8, 4) is 0 Å². The lowest BCUT2D eigenvalue weighted by Gasteiger charge is -2.01. The zero-order valence-corrected chi connectivity index (χ0v) is 13.8. The molecule has 1 fully saturated rings. The van der Waals surface area contributed by atoms with Gasteiger partial charge in [0.2, 0.25) is 0 Å². The number of nitrogens with zero attached hydrogens (tertiary/aromatic N) is 1. The predicted molar refractivity (Wildman–Crippen MR) is 93.5 cm³/mol. The van der Waals surface area contributed by atoms with E-state index in [-0.39, 0.29) is 16.5 Å². The van der Waals surface area contributed by atoms with E-state index in [0.29, 0.717) is 15.8 Å². The summed E-state index contributed by atoms with van der Waals surface area (Å²) in [6.45, 7) is 0. The Morgan fingerprint density at radius 2 is 2.17 bits per heavy atom. The zero-order valence-electron chi connectivity index (χ0n) is 11.4. The summed E-state index contributed by atoms with van der Waals surface area (Å²) in [5.74, 6) is -1.35. The number of carboxylic acid groups (broad SMARTS) is 1. The Kier molecular flexibility index (Phi) is 4.51. The van der Waals surface area contributed by atoms with Crippen molar-refractivity contribution >= 4 is 63.5 Å². The Balaban J connectivity index is 1.86. The van der Waals surface area contributed by atoms with E-state index in [9.17, 15) is 9.59 Å². The van der Waals surface area contributed by atoms with Gasteiger partial charge in [-0.2, -0.15) is 0 Å². The molecule has 1 aromatic carbocycles. The first kappa shape index (κ1) is 15.8. The number of aliphatic imine (C=N–C) groups is 1. The number of rotatable bonds is 3. The van der Waals surface area contributed by atoms with Gasteiger partial charge >= 0.3 is 5.97 Å². The van der Waals surface area contributed by atoms with Gasteiger partial charge in [-0.1, -0.05) is 17.7 Å². The minimum Gasteiger partial charge on any atom is -0.478 e. The van der Waals surface area contributed by atoms with E-state index in [1.165, 1.54) is 35.2 Å². The van der Waals surface area contributed by atoms with E-state index in [1.54, 1.807) is 12.1 Å². The normalized spacial score (nSPS) is 17.7. The molecule has 5 nitrogen and oxygen atoms in total. The molecule has 0 atom stereocenters. The number of amidine groups is 1. The summed E-state index contributed by atoms with van der Waals surface area (Å²) in [5.41, 5.74) is 0.379. The highest BCUT2D eigenvalue weighted by Gasteiger charge is 2.24. The third-order valence-electron chi connectivity index (χ3n) is 2.88. The molecule has 0 aliphatic carbocycles. The highest BCUT2D eigenvalue weighted by Crippen LogP contribution is 2.30. The number of benzene rings is 1. The van der Waals surface area contributed by atoms with Crippen molar-refractivity contribution in [2.45, 2.75) is 0 Å². The van der Waals surface area contributed by atoms with Crippen LogP contribution in [-0.4, -0.2) is 22.2 Å². The monoisotopic (exact) mass is 364 g/mol. The number of carbonyl (C=O) groups excluding carboxylic acids is 1. The fourth-order valence-electron chi connectivity index (χ4n) is 1.85. The second-order valence-corrected chi connectivity index (χ2v) is 6.88. The predicted octanol–water partition coefficient (Wildman–Crippen LogP) is 3.99. The highest BCUT2D eigenvalue weighted by atomic mass is 35.5. The van der Waals surface area contributed by atoms with Gasteiger partial charge in [-0.25, -0.2) is 9.79 Å². The summed E-state index contributed by atoms with van der Waals surface area (Å²) in [7, 11) is 0. The fraction of sp³-hybridized carbons (Fsp3) is 0. The standard InChI is InChI=1S/C15H9ClN2O3S2/c16-11-4-3-8(6-10(11)14(20)21)17-15-18-13(19)12(23-15)7-9-2-1-5-22-9/h1-7H,(H,20,21)(H,17,18,19). The summed E-state index contributed by atoms with van der Waals surface area (Å²) in [4.78, 5) is 28.8. The molecule has 1 aromatic heterocycles. The van der Waals surface area contributed by atoms with Gasteiger partial charge in [0.1, 0.15) is 0 Å². The minimum absolute atomic E-state index is 0.0304. The van der Waals surface area contributed by atoms with Crippen LogP contribution in [0.25, 0.3) is 6.08 Å². The maximum atomic E-state index is 11.9. The first-order valence-electron chi connectivity index (χ1n) is 6.39. The molecule has 23 heavy (non-hydrogen) atoms. The molecule has 1 aliphatic rings. The van der Waals surface area contributed by atoms with Crippen LogP contribution in [0.1, 0.15) is 15.2 Å². The average Bonchev–Trinajstić information content (AvgIpc) is 3.12. The van der Waals surface area contributed by atoms with Gasteiger partial charge in [-0.15, -0.1) is 11.3 Å². The highest BCUT2D eigenvalue weighted by molar-refractivity contribution is 8.18. The molecule has 2 aromatic rings. The van der Waals surface area contributed by atoms with Crippen LogP contribution >= 0.6 is 34.7 Å². The van der Waals surface area contributed by atoms with Crippen LogP contribution in [0.5, 0.6) is 0 Å². The van der Waals surface area contributed by atoms with E-state index in [0.717, 1.165) is 4.88 Å². The topological polar surface area (TPSA) is 78.8 Å². The van der Waals surface area contributed by atoms with E-state index in [4.69, 9.17) is 16.7 Å². The minimum atomic E-state index is -1.13. The van der Waals surface area contributed by atoms with Crippen LogP contribution in [0, 0.1) is 0 Å². The summed E-state index contributed by atoms with van der Waals surface area (Å²) >= 11 is 8.56. The molecule has 1 aliphatic heterocycles. The van der Waals surface area contributed by atoms with Crippen molar-refractivity contribution in [1.82, 2.24) is 5.32 Å². The van der Waals surface area contributed by atoms with Crippen LogP contribution in [-0.2, 0) is 4.79 Å². The van der Waals surface area contributed by atoms with Gasteiger partial charge in [0.05, 0.1) is 21.2 Å². The Labute approximate surface area is 144 Å². The summed E-state index contributed by atoms with van der Waals surface area (Å²) < 4.78 is 0. The fourth-order valence-corrected chi connectivity index (χ4v) is 3.61. The molecule has 0 radical (unpaired) electrons. The number of thiophene rings is 1. The zero-order chi connectivity index (χ0) is 16.4. The molecular formula is C15H9ClN2O3S2. The number of hydrogen-bond donors (Lipinski definition) is 2. The van der Waals surface area contributed by atoms with Crippen LogP contribution in [0.15, 0.2) is 45.6 Å². The summed E-state index contributed by atoms with van der Waals surface area (Å²) in [6, 6.07) is 8.25. The third-order valence-corrected chi connectivity index (χ3v) is 4.94. The lowest BCUT2D eigenvalue weighted by atomic mass is 10.2. The molecule has 0 saturated carbocycles. The van der Waals surface area contributed by atoms with Crippen molar-refractivity contribution in [2.24, 2.45) is 4.99 Å². The van der Waals surface area contributed by atoms with Crippen LogP contribution in [0.3, 0.4) is 0 Å². The van der Waals surface area contributed by atoms with Crippen molar-refractivity contribution in [2.75, 3.05) is 0 Å². The molecule has 1 saturated heterocycles. The first-order valence-corrected chi connectivity index (χ1v) is 8.46. The third kappa shape index (κ3) is 3.64. The van der Waals surface area contributed by atoms with Crippen molar-refractivity contribution in [1.29, 1.82) is 0 Å². The van der Waals surface area contributed by atoms with Gasteiger partial charge in [0.15, 0.2) is 5.17 Å². The smallest absolute Gasteiger partial charge is 0.337 e.